The fourth-order valence-electron chi connectivity index (χ4n) is 4.23. The highest BCUT2D eigenvalue weighted by Crippen LogP contribution is 2.52. The largest absolute Gasteiger partial charge is 0.485 e. The summed E-state index contributed by atoms with van der Waals surface area (Å²) in [6, 6.07) is 6.55. The van der Waals surface area contributed by atoms with Gasteiger partial charge < -0.3 is 14.7 Å². The number of carbonyl (C=O) groups excluding carboxylic acids is 1. The van der Waals surface area contributed by atoms with E-state index in [1.54, 1.807) is 18.2 Å². The fraction of sp³-hybridized carbons (Fsp3) is 0.409. The summed E-state index contributed by atoms with van der Waals surface area (Å²) in [6.07, 6.45) is -8.43. The molecule has 2 aliphatic heterocycles. The third kappa shape index (κ3) is 3.56. The van der Waals surface area contributed by atoms with E-state index in [9.17, 15) is 49.1 Å². The van der Waals surface area contributed by atoms with E-state index in [4.69, 9.17) is 4.74 Å². The van der Waals surface area contributed by atoms with Crippen LogP contribution in [-0.4, -0.2) is 53.4 Å². The highest BCUT2D eigenvalue weighted by Gasteiger charge is 2.78. The molecule has 196 valence electrons. The number of hydrogen-bond acceptors (Lipinski definition) is 5. The number of alkyl halides is 7. The summed E-state index contributed by atoms with van der Waals surface area (Å²) in [4.78, 5) is 12.6. The van der Waals surface area contributed by atoms with E-state index >= 15 is 0 Å². The van der Waals surface area contributed by atoms with Crippen LogP contribution in [0.5, 0.6) is 5.75 Å². The Bertz CT molecular complexity index is 1340. The van der Waals surface area contributed by atoms with Crippen molar-refractivity contribution in [3.63, 3.8) is 0 Å². The van der Waals surface area contributed by atoms with Gasteiger partial charge in [0.15, 0.2) is 0 Å². The molecule has 0 saturated heterocycles. The van der Waals surface area contributed by atoms with Crippen LogP contribution in [0.4, 0.5) is 30.7 Å². The molecule has 0 saturated carbocycles. The Morgan fingerprint density at radius 1 is 1.03 bits per heavy atom. The van der Waals surface area contributed by atoms with Crippen LogP contribution in [0.15, 0.2) is 47.4 Å². The average Bonchev–Trinajstić information content (AvgIpc) is 3.09. The summed E-state index contributed by atoms with van der Waals surface area (Å²) < 4.78 is 124. The number of ether oxygens (including phenoxy) is 1. The van der Waals surface area contributed by atoms with Crippen LogP contribution in [0.2, 0.25) is 0 Å². The molecule has 1 amide bonds. The molecular formula is C22H18F7NO5S. The first kappa shape index (κ1) is 26.2. The number of nitrogens with zero attached hydrogens (tertiary/aromatic N) is 1. The zero-order valence-corrected chi connectivity index (χ0v) is 19.3. The Balaban J connectivity index is 1.86. The maximum absolute atomic E-state index is 14.2. The maximum Gasteiger partial charge on any atom is 0.461 e. The number of halogens is 7. The third-order valence-corrected chi connectivity index (χ3v) is 8.04. The second kappa shape index (κ2) is 7.81. The van der Waals surface area contributed by atoms with Gasteiger partial charge in [0.25, 0.3) is 5.91 Å². The van der Waals surface area contributed by atoms with Crippen molar-refractivity contribution in [2.75, 3.05) is 0 Å². The number of amides is 1. The third-order valence-electron chi connectivity index (χ3n) is 6.24. The van der Waals surface area contributed by atoms with E-state index in [2.05, 4.69) is 0 Å². The molecule has 4 rings (SSSR count). The van der Waals surface area contributed by atoms with Crippen molar-refractivity contribution < 1.29 is 53.8 Å². The minimum Gasteiger partial charge on any atom is -0.485 e. The molecule has 0 fully saturated rings. The van der Waals surface area contributed by atoms with Gasteiger partial charge in [-0.05, 0) is 43.7 Å². The lowest BCUT2D eigenvalue weighted by atomic mass is 9.85. The van der Waals surface area contributed by atoms with Crippen molar-refractivity contribution in [2.45, 2.75) is 60.4 Å². The molecule has 0 unspecified atom stereocenters. The van der Waals surface area contributed by atoms with Gasteiger partial charge in [0.05, 0.1) is 10.9 Å². The molecule has 1 N–H and O–H groups in total. The van der Waals surface area contributed by atoms with Crippen LogP contribution in [0.3, 0.4) is 0 Å². The molecule has 0 aromatic heterocycles. The number of hydrogen-bond donors (Lipinski definition) is 1. The lowest BCUT2D eigenvalue weighted by Crippen LogP contribution is -2.56. The molecular weight excluding hydrogens is 523 g/mol. The summed E-state index contributed by atoms with van der Waals surface area (Å²) in [6.45, 7) is 2.79. The van der Waals surface area contributed by atoms with Gasteiger partial charge in [0.2, 0.25) is 9.84 Å². The number of sulfone groups is 1. The zero-order valence-electron chi connectivity index (χ0n) is 18.5. The highest BCUT2D eigenvalue weighted by atomic mass is 32.2. The Morgan fingerprint density at radius 3 is 2.22 bits per heavy atom. The molecule has 0 bridgehead atoms. The van der Waals surface area contributed by atoms with Gasteiger partial charge in [0.1, 0.15) is 17.5 Å². The summed E-state index contributed by atoms with van der Waals surface area (Å²) in [5.74, 6) is -7.68. The molecule has 6 nitrogen and oxygen atoms in total. The zero-order chi connectivity index (χ0) is 27.1. The molecule has 2 heterocycles. The van der Waals surface area contributed by atoms with E-state index in [1.165, 1.54) is 19.9 Å². The van der Waals surface area contributed by atoms with Crippen LogP contribution >= 0.6 is 0 Å². The van der Waals surface area contributed by atoms with Crippen molar-refractivity contribution >= 4 is 15.7 Å². The van der Waals surface area contributed by atoms with Crippen LogP contribution < -0.4 is 4.74 Å². The lowest BCUT2D eigenvalue weighted by molar-refractivity contribution is -0.332. The second-order valence-electron chi connectivity index (χ2n) is 8.98. The molecule has 14 heteroatoms. The predicted molar refractivity (Wildman–Crippen MR) is 109 cm³/mol. The quantitative estimate of drug-likeness (QED) is 0.578. The van der Waals surface area contributed by atoms with Gasteiger partial charge in [-0.3, -0.25) is 4.79 Å². The molecule has 0 spiro atoms. The van der Waals surface area contributed by atoms with Crippen molar-refractivity contribution in [1.82, 2.24) is 4.90 Å². The predicted octanol–water partition coefficient (Wildman–Crippen LogP) is 4.48. The van der Waals surface area contributed by atoms with E-state index in [-0.39, 0.29) is 23.4 Å². The topological polar surface area (TPSA) is 83.9 Å². The van der Waals surface area contributed by atoms with Crippen LogP contribution in [0.1, 0.15) is 41.4 Å². The van der Waals surface area contributed by atoms with Gasteiger partial charge in [-0.15, -0.1) is 0 Å². The monoisotopic (exact) mass is 541 g/mol. The van der Waals surface area contributed by atoms with Crippen molar-refractivity contribution in [2.24, 2.45) is 0 Å². The number of aliphatic hydroxyl groups excluding tert-OH is 1. The van der Waals surface area contributed by atoms with E-state index in [0.717, 1.165) is 11.0 Å². The lowest BCUT2D eigenvalue weighted by Gasteiger charge is -2.45. The smallest absolute Gasteiger partial charge is 0.461 e. The van der Waals surface area contributed by atoms with Gasteiger partial charge in [-0.25, -0.2) is 8.42 Å². The Labute approximate surface area is 200 Å². The van der Waals surface area contributed by atoms with Crippen LogP contribution in [0, 0.1) is 0 Å². The first-order valence-electron chi connectivity index (χ1n) is 10.3. The molecule has 2 aromatic carbocycles. The summed E-state index contributed by atoms with van der Waals surface area (Å²) >= 11 is 0. The number of benzene rings is 2. The van der Waals surface area contributed by atoms with Crippen molar-refractivity contribution in [1.29, 1.82) is 0 Å². The fourth-order valence-corrected chi connectivity index (χ4v) is 5.51. The van der Waals surface area contributed by atoms with Crippen LogP contribution in [-0.2, 0) is 16.4 Å². The average molecular weight is 541 g/mol. The minimum absolute atomic E-state index is 0.0778. The summed E-state index contributed by atoms with van der Waals surface area (Å²) in [5.41, 5.74) is -0.938. The van der Waals surface area contributed by atoms with Crippen molar-refractivity contribution in [3.8, 4) is 5.75 Å². The normalized spacial score (nSPS) is 22.2. The molecule has 2 aromatic rings. The van der Waals surface area contributed by atoms with Gasteiger partial charge in [-0.2, -0.15) is 30.7 Å². The highest BCUT2D eigenvalue weighted by molar-refractivity contribution is 7.92. The molecule has 0 aliphatic carbocycles. The molecule has 36 heavy (non-hydrogen) atoms. The first-order valence-corrected chi connectivity index (χ1v) is 11.8. The maximum atomic E-state index is 14.2. The standard InChI is InChI=1S/C22H18F7NO5S/c1-19(2)17(31)16(30-10-11-5-3-4-6-13(11)18(30)32)14-9-12(7-8-15(14)35-19)36(33,34)22(28,29)20(23,24)21(25,26)27/h3-9,16-17,31H,10H2,1-2H3/t16-,17+/m1/s1. The molecule has 0 radical (unpaired) electrons. The Kier molecular flexibility index (Phi) is 5.69. The number of aliphatic hydroxyl groups is 1. The van der Waals surface area contributed by atoms with Gasteiger partial charge >= 0.3 is 17.4 Å². The van der Waals surface area contributed by atoms with Crippen molar-refractivity contribution in [3.05, 3.63) is 59.2 Å². The van der Waals surface area contributed by atoms with Gasteiger partial charge in [-0.1, -0.05) is 18.2 Å². The van der Waals surface area contributed by atoms with E-state index < -0.39 is 55.7 Å². The Morgan fingerprint density at radius 2 is 1.64 bits per heavy atom. The SMILES string of the molecule is CC1(C)Oc2ccc(S(=O)(=O)C(F)(F)C(F)(F)C(F)(F)F)cc2[C@@H](N2Cc3ccccc3C2=O)[C@@H]1O. The van der Waals surface area contributed by atoms with E-state index in [0.29, 0.717) is 17.7 Å². The van der Waals surface area contributed by atoms with E-state index in [1.807, 2.05) is 0 Å². The number of carbonyl (C=O) groups is 1. The summed E-state index contributed by atoms with van der Waals surface area (Å²) in [7, 11) is -6.62. The Hall–Kier alpha value is -2.87. The first-order chi connectivity index (χ1) is 16.3. The van der Waals surface area contributed by atoms with Gasteiger partial charge in [0, 0.05) is 17.7 Å². The number of rotatable bonds is 4. The summed E-state index contributed by atoms with van der Waals surface area (Å²) in [5, 5.41) is 4.44. The van der Waals surface area contributed by atoms with Crippen LogP contribution in [0.25, 0.3) is 0 Å². The molecule has 2 atom stereocenters. The molecule has 2 aliphatic rings. The minimum atomic E-state index is -6.90. The number of fused-ring (bicyclic) bond motifs is 2. The second-order valence-corrected chi connectivity index (χ2v) is 11.0.